The van der Waals surface area contributed by atoms with E-state index in [2.05, 4.69) is 0 Å². The molecule has 0 bridgehead atoms. The normalized spacial score (nSPS) is 10.6. The highest BCUT2D eigenvalue weighted by Gasteiger charge is 2.07. The summed E-state index contributed by atoms with van der Waals surface area (Å²) in [4.78, 5) is 11.7. The molecule has 0 spiro atoms. The lowest BCUT2D eigenvalue weighted by atomic mass is 10.1. The van der Waals surface area contributed by atoms with Crippen LogP contribution in [0.1, 0.15) is 22.8 Å². The van der Waals surface area contributed by atoms with Crippen LogP contribution in [0.5, 0.6) is 17.2 Å². The standard InChI is InChI=1S/C26H22O4/c1-2-28-26(27)20-8-12-23(13-9-20)30-25-15-11-21-16-24(14-10-22(21)17-25)29-18-19-6-4-3-5-7-19/h3-17H,2,18H2,1H3. The van der Waals surface area contributed by atoms with Gasteiger partial charge in [-0.05, 0) is 71.8 Å². The van der Waals surface area contributed by atoms with Crippen LogP contribution in [0.2, 0.25) is 0 Å². The van der Waals surface area contributed by atoms with Crippen molar-refractivity contribution in [1.82, 2.24) is 0 Å². The number of ether oxygens (including phenoxy) is 3. The summed E-state index contributed by atoms with van der Waals surface area (Å²) in [5, 5.41) is 2.13. The summed E-state index contributed by atoms with van der Waals surface area (Å²) in [6.07, 6.45) is 0. The number of carbonyl (C=O) groups is 1. The molecule has 0 N–H and O–H groups in total. The first-order valence-electron chi connectivity index (χ1n) is 9.87. The van der Waals surface area contributed by atoms with Crippen LogP contribution >= 0.6 is 0 Å². The Balaban J connectivity index is 1.44. The maximum Gasteiger partial charge on any atom is 0.338 e. The summed E-state index contributed by atoms with van der Waals surface area (Å²) in [5.74, 6) is 1.88. The van der Waals surface area contributed by atoms with Gasteiger partial charge in [-0.1, -0.05) is 42.5 Å². The quantitative estimate of drug-likeness (QED) is 0.339. The Bertz CT molecular complexity index is 1130. The van der Waals surface area contributed by atoms with Crippen molar-refractivity contribution in [1.29, 1.82) is 0 Å². The fourth-order valence-electron chi connectivity index (χ4n) is 3.11. The molecule has 0 amide bonds. The summed E-state index contributed by atoms with van der Waals surface area (Å²) in [5.41, 5.74) is 1.64. The monoisotopic (exact) mass is 398 g/mol. The minimum Gasteiger partial charge on any atom is -0.489 e. The molecular formula is C26H22O4. The van der Waals surface area contributed by atoms with Crippen LogP contribution in [0.15, 0.2) is 91.0 Å². The summed E-state index contributed by atoms with van der Waals surface area (Å²) in [6.45, 7) is 2.68. The van der Waals surface area contributed by atoms with Crippen LogP contribution in [0.4, 0.5) is 0 Å². The molecule has 4 aromatic rings. The lowest BCUT2D eigenvalue weighted by Gasteiger charge is -2.10. The van der Waals surface area contributed by atoms with E-state index < -0.39 is 0 Å². The van der Waals surface area contributed by atoms with Gasteiger partial charge in [-0.15, -0.1) is 0 Å². The van der Waals surface area contributed by atoms with E-state index in [0.717, 1.165) is 27.8 Å². The average Bonchev–Trinajstić information content (AvgIpc) is 2.79. The third-order valence-electron chi connectivity index (χ3n) is 4.63. The van der Waals surface area contributed by atoms with E-state index >= 15 is 0 Å². The molecule has 0 aromatic heterocycles. The SMILES string of the molecule is CCOC(=O)c1ccc(Oc2ccc3cc(OCc4ccccc4)ccc3c2)cc1. The molecule has 0 unspecified atom stereocenters. The maximum atomic E-state index is 11.7. The molecule has 0 radical (unpaired) electrons. The first kappa shape index (κ1) is 19.5. The van der Waals surface area contributed by atoms with Crippen molar-refractivity contribution < 1.29 is 19.0 Å². The number of hydrogen-bond acceptors (Lipinski definition) is 4. The van der Waals surface area contributed by atoms with Crippen molar-refractivity contribution in [2.75, 3.05) is 6.61 Å². The molecule has 0 fully saturated rings. The Kier molecular flexibility index (Phi) is 5.95. The van der Waals surface area contributed by atoms with Gasteiger partial charge in [-0.2, -0.15) is 0 Å². The Hall–Kier alpha value is -3.79. The van der Waals surface area contributed by atoms with Crippen molar-refractivity contribution in [2.24, 2.45) is 0 Å². The van der Waals surface area contributed by atoms with Crippen LogP contribution in [-0.2, 0) is 11.3 Å². The van der Waals surface area contributed by atoms with Crippen LogP contribution < -0.4 is 9.47 Å². The van der Waals surface area contributed by atoms with Crippen molar-refractivity contribution in [2.45, 2.75) is 13.5 Å². The van der Waals surface area contributed by atoms with Gasteiger partial charge in [0.15, 0.2) is 0 Å². The van der Waals surface area contributed by atoms with Crippen molar-refractivity contribution in [3.63, 3.8) is 0 Å². The summed E-state index contributed by atoms with van der Waals surface area (Å²) in [7, 11) is 0. The minimum absolute atomic E-state index is 0.333. The van der Waals surface area contributed by atoms with Gasteiger partial charge in [0.2, 0.25) is 0 Å². The molecule has 4 rings (SSSR count). The maximum absolute atomic E-state index is 11.7. The van der Waals surface area contributed by atoms with E-state index in [1.165, 1.54) is 0 Å². The van der Waals surface area contributed by atoms with Gasteiger partial charge in [0.05, 0.1) is 12.2 Å². The van der Waals surface area contributed by atoms with Gasteiger partial charge in [-0.3, -0.25) is 0 Å². The molecule has 4 heteroatoms. The predicted molar refractivity (Wildman–Crippen MR) is 117 cm³/mol. The van der Waals surface area contributed by atoms with Crippen LogP contribution in [0.25, 0.3) is 10.8 Å². The number of rotatable bonds is 7. The summed E-state index contributed by atoms with van der Waals surface area (Å²) < 4.78 is 16.8. The number of esters is 1. The zero-order chi connectivity index (χ0) is 20.8. The molecule has 0 heterocycles. The van der Waals surface area contributed by atoms with Crippen molar-refractivity contribution in [3.05, 3.63) is 102 Å². The second-order valence-electron chi connectivity index (χ2n) is 6.79. The molecule has 0 aliphatic rings. The molecule has 0 atom stereocenters. The second kappa shape index (κ2) is 9.14. The summed E-state index contributed by atoms with van der Waals surface area (Å²) >= 11 is 0. The zero-order valence-electron chi connectivity index (χ0n) is 16.7. The molecule has 0 aliphatic heterocycles. The molecule has 30 heavy (non-hydrogen) atoms. The number of benzene rings is 4. The summed E-state index contributed by atoms with van der Waals surface area (Å²) in [6, 6.07) is 28.9. The third kappa shape index (κ3) is 4.78. The van der Waals surface area contributed by atoms with Gasteiger partial charge in [0, 0.05) is 0 Å². The van der Waals surface area contributed by atoms with Crippen molar-refractivity contribution in [3.8, 4) is 17.2 Å². The molecule has 4 aromatic carbocycles. The van der Waals surface area contributed by atoms with Crippen molar-refractivity contribution >= 4 is 16.7 Å². The lowest BCUT2D eigenvalue weighted by molar-refractivity contribution is 0.0526. The Labute approximate surface area is 175 Å². The smallest absolute Gasteiger partial charge is 0.338 e. The highest BCUT2D eigenvalue weighted by molar-refractivity contribution is 5.89. The van der Waals surface area contributed by atoms with Gasteiger partial charge < -0.3 is 14.2 Å². The highest BCUT2D eigenvalue weighted by atomic mass is 16.5. The average molecular weight is 398 g/mol. The minimum atomic E-state index is -0.333. The Morgan fingerprint density at radius 1 is 0.733 bits per heavy atom. The molecular weight excluding hydrogens is 376 g/mol. The molecule has 4 nitrogen and oxygen atoms in total. The van der Waals surface area contributed by atoms with Crippen LogP contribution in [0, 0.1) is 0 Å². The Morgan fingerprint density at radius 2 is 1.37 bits per heavy atom. The number of fused-ring (bicyclic) bond motifs is 1. The van der Waals surface area contributed by atoms with E-state index in [1.54, 1.807) is 31.2 Å². The lowest BCUT2D eigenvalue weighted by Crippen LogP contribution is -2.03. The molecule has 0 saturated heterocycles. The molecule has 150 valence electrons. The number of carbonyl (C=O) groups excluding carboxylic acids is 1. The van der Waals surface area contributed by atoms with Gasteiger partial charge in [-0.25, -0.2) is 4.79 Å². The van der Waals surface area contributed by atoms with Crippen LogP contribution in [-0.4, -0.2) is 12.6 Å². The molecule has 0 saturated carbocycles. The predicted octanol–water partition coefficient (Wildman–Crippen LogP) is 6.39. The first-order chi connectivity index (χ1) is 14.7. The van der Waals surface area contributed by atoms with Crippen LogP contribution in [0.3, 0.4) is 0 Å². The van der Waals surface area contributed by atoms with E-state index in [0.29, 0.717) is 24.5 Å². The Morgan fingerprint density at radius 3 is 2.07 bits per heavy atom. The second-order valence-corrected chi connectivity index (χ2v) is 6.79. The first-order valence-corrected chi connectivity index (χ1v) is 9.87. The third-order valence-corrected chi connectivity index (χ3v) is 4.63. The fourth-order valence-corrected chi connectivity index (χ4v) is 3.11. The molecule has 0 aliphatic carbocycles. The van der Waals surface area contributed by atoms with Gasteiger partial charge >= 0.3 is 5.97 Å². The zero-order valence-corrected chi connectivity index (χ0v) is 16.7. The van der Waals surface area contributed by atoms with E-state index in [4.69, 9.17) is 14.2 Å². The van der Waals surface area contributed by atoms with E-state index in [-0.39, 0.29) is 5.97 Å². The largest absolute Gasteiger partial charge is 0.489 e. The fraction of sp³-hybridized carbons (Fsp3) is 0.115. The van der Waals surface area contributed by atoms with E-state index in [9.17, 15) is 4.79 Å². The van der Waals surface area contributed by atoms with E-state index in [1.807, 2.05) is 66.7 Å². The highest BCUT2D eigenvalue weighted by Crippen LogP contribution is 2.28. The topological polar surface area (TPSA) is 44.8 Å². The number of hydrogen-bond donors (Lipinski definition) is 0. The van der Waals surface area contributed by atoms with Gasteiger partial charge in [0.1, 0.15) is 23.9 Å². The van der Waals surface area contributed by atoms with Gasteiger partial charge in [0.25, 0.3) is 0 Å².